The van der Waals surface area contributed by atoms with Crippen molar-refractivity contribution < 1.29 is 15.0 Å². The van der Waals surface area contributed by atoms with Crippen LogP contribution in [-0.2, 0) is 23.1 Å². The highest BCUT2D eigenvalue weighted by Crippen LogP contribution is 2.53. The summed E-state index contributed by atoms with van der Waals surface area (Å²) in [4.78, 5) is 11.0. The minimum Gasteiger partial charge on any atom is -0.508 e. The largest absolute Gasteiger partial charge is 0.508 e. The summed E-state index contributed by atoms with van der Waals surface area (Å²) in [5, 5.41) is 19.0. The number of rotatable bonds is 3. The first kappa shape index (κ1) is 11.6. The molecule has 2 aliphatic carbocycles. The first-order valence-electron chi connectivity index (χ1n) is 6.68. The highest BCUT2D eigenvalue weighted by atomic mass is 16.4. The van der Waals surface area contributed by atoms with E-state index in [4.69, 9.17) is 5.11 Å². The molecule has 3 rings (SSSR count). The quantitative estimate of drug-likeness (QED) is 0.862. The molecule has 0 unspecified atom stereocenters. The lowest BCUT2D eigenvalue weighted by Gasteiger charge is -2.24. The van der Waals surface area contributed by atoms with Crippen molar-refractivity contribution in [3.05, 3.63) is 28.8 Å². The Kier molecular flexibility index (Phi) is 2.58. The third-order valence-corrected chi connectivity index (χ3v) is 4.42. The standard InChI is InChI=1S/C15H18O3/c16-13-6-5-12(10-3-1-2-4-11(10)13)15(7-8-15)9-14(17)18/h5-6,16H,1-4,7-9H2,(H,17,18). The second-order valence-corrected chi connectivity index (χ2v) is 5.65. The average molecular weight is 246 g/mol. The summed E-state index contributed by atoms with van der Waals surface area (Å²) in [6.45, 7) is 0. The Morgan fingerprint density at radius 3 is 2.44 bits per heavy atom. The van der Waals surface area contributed by atoms with Crippen LogP contribution in [0.3, 0.4) is 0 Å². The van der Waals surface area contributed by atoms with E-state index in [1.807, 2.05) is 6.07 Å². The fourth-order valence-corrected chi connectivity index (χ4v) is 3.33. The fraction of sp³-hybridized carbons (Fsp3) is 0.533. The van der Waals surface area contributed by atoms with Crippen LogP contribution in [0.2, 0.25) is 0 Å². The van der Waals surface area contributed by atoms with Gasteiger partial charge >= 0.3 is 5.97 Å². The summed E-state index contributed by atoms with van der Waals surface area (Å²) in [6.07, 6.45) is 6.35. The molecule has 3 heteroatoms. The zero-order valence-corrected chi connectivity index (χ0v) is 10.4. The number of aliphatic carboxylic acids is 1. The van der Waals surface area contributed by atoms with Gasteiger partial charge in [0.1, 0.15) is 5.75 Å². The normalized spacial score (nSPS) is 20.2. The summed E-state index contributed by atoms with van der Waals surface area (Å²) in [6, 6.07) is 3.71. The maximum Gasteiger partial charge on any atom is 0.304 e. The molecule has 96 valence electrons. The van der Waals surface area contributed by atoms with Crippen molar-refractivity contribution in [2.75, 3.05) is 0 Å². The third kappa shape index (κ3) is 1.78. The van der Waals surface area contributed by atoms with Crippen molar-refractivity contribution in [3.63, 3.8) is 0 Å². The first-order valence-corrected chi connectivity index (χ1v) is 6.68. The average Bonchev–Trinajstić information content (AvgIpc) is 3.09. The molecular formula is C15H18O3. The molecule has 1 saturated carbocycles. The Morgan fingerprint density at radius 2 is 1.83 bits per heavy atom. The van der Waals surface area contributed by atoms with Crippen molar-refractivity contribution in [2.24, 2.45) is 0 Å². The van der Waals surface area contributed by atoms with Crippen LogP contribution >= 0.6 is 0 Å². The molecule has 2 N–H and O–H groups in total. The molecule has 0 aliphatic heterocycles. The number of benzene rings is 1. The summed E-state index contributed by atoms with van der Waals surface area (Å²) in [5.41, 5.74) is 3.36. The van der Waals surface area contributed by atoms with Crippen LogP contribution in [0.15, 0.2) is 12.1 Å². The van der Waals surface area contributed by atoms with Gasteiger partial charge in [0.25, 0.3) is 0 Å². The Morgan fingerprint density at radius 1 is 1.17 bits per heavy atom. The Hall–Kier alpha value is -1.51. The van der Waals surface area contributed by atoms with Crippen LogP contribution in [-0.4, -0.2) is 16.2 Å². The van der Waals surface area contributed by atoms with Gasteiger partial charge in [0, 0.05) is 5.41 Å². The topological polar surface area (TPSA) is 57.5 Å². The van der Waals surface area contributed by atoms with E-state index in [-0.39, 0.29) is 11.8 Å². The summed E-state index contributed by atoms with van der Waals surface area (Å²) in [7, 11) is 0. The number of hydrogen-bond acceptors (Lipinski definition) is 2. The summed E-state index contributed by atoms with van der Waals surface area (Å²) in [5.74, 6) is -0.329. The number of fused-ring (bicyclic) bond motifs is 1. The highest BCUT2D eigenvalue weighted by molar-refractivity contribution is 5.70. The number of phenols is 1. The molecule has 2 aliphatic rings. The van der Waals surface area contributed by atoms with Crippen LogP contribution in [0.4, 0.5) is 0 Å². The minimum absolute atomic E-state index is 0.138. The number of carboxylic acids is 1. The predicted octanol–water partition coefficient (Wildman–Crippen LogP) is 2.78. The lowest BCUT2D eigenvalue weighted by Crippen LogP contribution is -2.18. The van der Waals surface area contributed by atoms with Crippen LogP contribution < -0.4 is 0 Å². The van der Waals surface area contributed by atoms with E-state index in [9.17, 15) is 9.90 Å². The van der Waals surface area contributed by atoms with Gasteiger partial charge in [-0.25, -0.2) is 0 Å². The van der Waals surface area contributed by atoms with Gasteiger partial charge in [-0.2, -0.15) is 0 Å². The van der Waals surface area contributed by atoms with Crippen LogP contribution in [0.25, 0.3) is 0 Å². The van der Waals surface area contributed by atoms with E-state index >= 15 is 0 Å². The second kappa shape index (κ2) is 4.01. The monoisotopic (exact) mass is 246 g/mol. The number of carbonyl (C=O) groups is 1. The first-order chi connectivity index (χ1) is 8.62. The van der Waals surface area contributed by atoms with E-state index in [0.717, 1.165) is 44.1 Å². The molecule has 1 aromatic carbocycles. The van der Waals surface area contributed by atoms with Crippen molar-refractivity contribution in [1.82, 2.24) is 0 Å². The highest BCUT2D eigenvalue weighted by Gasteiger charge is 2.47. The van der Waals surface area contributed by atoms with Crippen molar-refractivity contribution >= 4 is 5.97 Å². The number of hydrogen-bond donors (Lipinski definition) is 2. The van der Waals surface area contributed by atoms with Crippen molar-refractivity contribution in [3.8, 4) is 5.75 Å². The Labute approximate surface area is 106 Å². The van der Waals surface area contributed by atoms with Gasteiger partial charge < -0.3 is 10.2 Å². The van der Waals surface area contributed by atoms with Gasteiger partial charge in [-0.1, -0.05) is 6.07 Å². The molecule has 0 amide bonds. The van der Waals surface area contributed by atoms with Crippen molar-refractivity contribution in [1.29, 1.82) is 0 Å². The molecule has 0 saturated heterocycles. The van der Waals surface area contributed by atoms with Gasteiger partial charge in [0.15, 0.2) is 0 Å². The van der Waals surface area contributed by atoms with E-state index in [2.05, 4.69) is 0 Å². The predicted molar refractivity (Wildman–Crippen MR) is 67.9 cm³/mol. The van der Waals surface area contributed by atoms with E-state index in [1.54, 1.807) is 6.07 Å². The van der Waals surface area contributed by atoms with Crippen LogP contribution in [0.5, 0.6) is 5.75 Å². The maximum atomic E-state index is 11.0. The molecule has 0 spiro atoms. The molecule has 3 nitrogen and oxygen atoms in total. The molecule has 1 aromatic rings. The number of phenolic OH excluding ortho intramolecular Hbond substituents is 1. The number of aromatic hydroxyl groups is 1. The Bertz CT molecular complexity index is 501. The van der Waals surface area contributed by atoms with Gasteiger partial charge in [-0.3, -0.25) is 4.79 Å². The van der Waals surface area contributed by atoms with Gasteiger partial charge in [-0.05, 0) is 61.3 Å². The minimum atomic E-state index is -0.717. The molecule has 0 atom stereocenters. The second-order valence-electron chi connectivity index (χ2n) is 5.65. The smallest absolute Gasteiger partial charge is 0.304 e. The molecule has 1 fully saturated rings. The lowest BCUT2D eigenvalue weighted by molar-refractivity contribution is -0.137. The molecule has 0 heterocycles. The van der Waals surface area contributed by atoms with Gasteiger partial charge in [-0.15, -0.1) is 0 Å². The Balaban J connectivity index is 2.05. The molecule has 0 radical (unpaired) electrons. The fourth-order valence-electron chi connectivity index (χ4n) is 3.33. The lowest BCUT2D eigenvalue weighted by atomic mass is 9.80. The molecule has 0 bridgehead atoms. The molecule has 18 heavy (non-hydrogen) atoms. The maximum absolute atomic E-state index is 11.0. The van der Waals surface area contributed by atoms with Crippen LogP contribution in [0, 0.1) is 0 Å². The van der Waals surface area contributed by atoms with E-state index < -0.39 is 5.97 Å². The van der Waals surface area contributed by atoms with Gasteiger partial charge in [0.05, 0.1) is 6.42 Å². The third-order valence-electron chi connectivity index (χ3n) is 4.42. The van der Waals surface area contributed by atoms with Crippen LogP contribution in [0.1, 0.15) is 48.8 Å². The summed E-state index contributed by atoms with van der Waals surface area (Å²) < 4.78 is 0. The number of carboxylic acid groups (broad SMARTS) is 1. The van der Waals surface area contributed by atoms with Crippen molar-refractivity contribution in [2.45, 2.75) is 50.4 Å². The zero-order valence-electron chi connectivity index (χ0n) is 10.4. The van der Waals surface area contributed by atoms with E-state index in [0.29, 0.717) is 5.75 Å². The zero-order chi connectivity index (χ0) is 12.8. The molecule has 0 aromatic heterocycles. The van der Waals surface area contributed by atoms with E-state index in [1.165, 1.54) is 11.1 Å². The summed E-state index contributed by atoms with van der Waals surface area (Å²) >= 11 is 0. The molecular weight excluding hydrogens is 228 g/mol. The van der Waals surface area contributed by atoms with Gasteiger partial charge in [0.2, 0.25) is 0 Å². The SMILES string of the molecule is O=C(O)CC1(c2ccc(O)c3c2CCCC3)CC1.